The number of allylic oxidation sites excluding steroid dienone is 4. The van der Waals surface area contributed by atoms with Crippen LogP contribution in [-0.2, 0) is 10.0 Å². The van der Waals surface area contributed by atoms with Gasteiger partial charge in [-0.15, -0.1) is 0 Å². The Balaban J connectivity index is 1.32. The SMILES string of the molecule is CCCCCCN1CC2C(C1)C2(C)C1C=CC=C(NS(=O)(=O)c2cccnc2)C1. The van der Waals surface area contributed by atoms with Gasteiger partial charge in [0.05, 0.1) is 0 Å². The Bertz CT molecular complexity index is 867. The van der Waals surface area contributed by atoms with Crippen molar-refractivity contribution in [1.82, 2.24) is 14.6 Å². The van der Waals surface area contributed by atoms with Crippen molar-refractivity contribution in [3.8, 4) is 0 Å². The van der Waals surface area contributed by atoms with E-state index in [0.29, 0.717) is 11.3 Å². The zero-order valence-electron chi connectivity index (χ0n) is 17.5. The highest BCUT2D eigenvalue weighted by molar-refractivity contribution is 7.89. The van der Waals surface area contributed by atoms with Gasteiger partial charge < -0.3 is 4.90 Å². The number of piperidine rings is 1. The van der Waals surface area contributed by atoms with Crippen LogP contribution in [0.5, 0.6) is 0 Å². The predicted octanol–water partition coefficient (Wildman–Crippen LogP) is 3.97. The quantitative estimate of drug-likeness (QED) is 0.620. The molecule has 1 aliphatic heterocycles. The van der Waals surface area contributed by atoms with E-state index in [1.807, 2.05) is 12.2 Å². The summed E-state index contributed by atoms with van der Waals surface area (Å²) in [4.78, 5) is 6.78. The van der Waals surface area contributed by atoms with Gasteiger partial charge in [0, 0.05) is 31.2 Å². The highest BCUT2D eigenvalue weighted by atomic mass is 32.2. The molecule has 1 aromatic heterocycles. The van der Waals surface area contributed by atoms with Gasteiger partial charge >= 0.3 is 0 Å². The topological polar surface area (TPSA) is 62.3 Å². The van der Waals surface area contributed by atoms with Crippen molar-refractivity contribution in [3.63, 3.8) is 0 Å². The smallest absolute Gasteiger partial charge is 0.263 e. The molecule has 2 aliphatic carbocycles. The number of rotatable bonds is 9. The van der Waals surface area contributed by atoms with Crippen LogP contribution >= 0.6 is 0 Å². The number of hydrogen-bond acceptors (Lipinski definition) is 4. The van der Waals surface area contributed by atoms with Gasteiger partial charge in [-0.3, -0.25) is 9.71 Å². The van der Waals surface area contributed by atoms with Gasteiger partial charge in [-0.25, -0.2) is 8.42 Å². The molecule has 0 aromatic carbocycles. The van der Waals surface area contributed by atoms with Crippen LogP contribution in [0.3, 0.4) is 0 Å². The lowest BCUT2D eigenvalue weighted by Gasteiger charge is -2.31. The van der Waals surface area contributed by atoms with Gasteiger partial charge in [-0.2, -0.15) is 0 Å². The van der Waals surface area contributed by atoms with E-state index in [4.69, 9.17) is 0 Å². The van der Waals surface area contributed by atoms with Crippen LogP contribution in [0.25, 0.3) is 0 Å². The van der Waals surface area contributed by atoms with Gasteiger partial charge in [0.2, 0.25) is 0 Å². The third-order valence-electron chi connectivity index (χ3n) is 7.30. The number of pyridine rings is 1. The number of unbranched alkanes of at least 4 members (excludes halogenated alkanes) is 3. The second-order valence-electron chi connectivity index (χ2n) is 9.08. The number of hydrogen-bond donors (Lipinski definition) is 1. The van der Waals surface area contributed by atoms with Crippen molar-refractivity contribution >= 4 is 10.0 Å². The molecule has 1 saturated carbocycles. The van der Waals surface area contributed by atoms with Crippen molar-refractivity contribution in [2.24, 2.45) is 23.2 Å². The Hall–Kier alpha value is -1.66. The molecule has 29 heavy (non-hydrogen) atoms. The first-order chi connectivity index (χ1) is 13.9. The average Bonchev–Trinajstić information content (AvgIpc) is 3.07. The summed E-state index contributed by atoms with van der Waals surface area (Å²) in [7, 11) is -3.57. The Morgan fingerprint density at radius 1 is 1.24 bits per heavy atom. The van der Waals surface area contributed by atoms with E-state index in [-0.39, 0.29) is 4.90 Å². The molecule has 2 heterocycles. The van der Waals surface area contributed by atoms with Crippen LogP contribution in [0, 0.1) is 23.2 Å². The molecule has 2 fully saturated rings. The maximum absolute atomic E-state index is 12.6. The summed E-state index contributed by atoms with van der Waals surface area (Å²) >= 11 is 0. The van der Waals surface area contributed by atoms with Crippen LogP contribution in [0.4, 0.5) is 0 Å². The van der Waals surface area contributed by atoms with E-state index < -0.39 is 10.0 Å². The van der Waals surface area contributed by atoms with Gasteiger partial charge in [-0.1, -0.05) is 45.3 Å². The summed E-state index contributed by atoms with van der Waals surface area (Å²) in [5, 5.41) is 0. The first-order valence-corrected chi connectivity index (χ1v) is 12.5. The molecule has 158 valence electrons. The first-order valence-electron chi connectivity index (χ1n) is 11.0. The summed E-state index contributed by atoms with van der Waals surface area (Å²) in [6.07, 6.45) is 15.2. The highest BCUT2D eigenvalue weighted by Gasteiger charge is 2.67. The molecule has 0 bridgehead atoms. The van der Waals surface area contributed by atoms with E-state index in [2.05, 4.69) is 34.5 Å². The van der Waals surface area contributed by atoms with Crippen molar-refractivity contribution in [3.05, 3.63) is 48.5 Å². The van der Waals surface area contributed by atoms with Crippen molar-refractivity contribution in [1.29, 1.82) is 0 Å². The third kappa shape index (κ3) is 4.15. The third-order valence-corrected chi connectivity index (χ3v) is 8.69. The standard InChI is InChI=1S/C23H33N3O2S/c1-3-4-5-6-13-26-16-21-22(17-26)23(21,2)18-9-7-10-19(14-18)25-29(27,28)20-11-8-12-24-15-20/h7-12,15,18,21-22,25H,3-6,13-14,16-17H2,1-2H3. The van der Waals surface area contributed by atoms with Crippen molar-refractivity contribution in [2.75, 3.05) is 19.6 Å². The monoisotopic (exact) mass is 415 g/mol. The molecule has 1 aromatic rings. The lowest BCUT2D eigenvalue weighted by Crippen LogP contribution is -2.33. The molecule has 1 N–H and O–H groups in total. The zero-order valence-corrected chi connectivity index (χ0v) is 18.4. The van der Waals surface area contributed by atoms with Crippen LogP contribution in [-0.4, -0.2) is 37.9 Å². The number of sulfonamides is 1. The van der Waals surface area contributed by atoms with Crippen LogP contribution in [0.2, 0.25) is 0 Å². The summed E-state index contributed by atoms with van der Waals surface area (Å²) < 4.78 is 28.1. The second-order valence-corrected chi connectivity index (χ2v) is 10.8. The van der Waals surface area contributed by atoms with E-state index in [1.165, 1.54) is 51.5 Å². The summed E-state index contributed by atoms with van der Waals surface area (Å²) in [5.74, 6) is 1.89. The normalized spacial score (nSPS) is 31.4. The fourth-order valence-corrected chi connectivity index (χ4v) is 6.49. The molecule has 0 radical (unpaired) electrons. The molecule has 6 heteroatoms. The molecule has 3 aliphatic rings. The summed E-state index contributed by atoms with van der Waals surface area (Å²) in [5.41, 5.74) is 1.08. The number of aromatic nitrogens is 1. The minimum Gasteiger partial charge on any atom is -0.303 e. The highest BCUT2D eigenvalue weighted by Crippen LogP contribution is 2.67. The summed E-state index contributed by atoms with van der Waals surface area (Å²) in [6.45, 7) is 8.31. The Morgan fingerprint density at radius 3 is 2.72 bits per heavy atom. The largest absolute Gasteiger partial charge is 0.303 e. The molecular formula is C23H33N3O2S. The average molecular weight is 416 g/mol. The minimum absolute atomic E-state index is 0.209. The van der Waals surface area contributed by atoms with E-state index in [9.17, 15) is 8.42 Å². The van der Waals surface area contributed by atoms with Gasteiger partial charge in [0.25, 0.3) is 10.0 Å². The van der Waals surface area contributed by atoms with Crippen LogP contribution in [0.1, 0.15) is 46.0 Å². The van der Waals surface area contributed by atoms with Gasteiger partial charge in [0.15, 0.2) is 0 Å². The van der Waals surface area contributed by atoms with Gasteiger partial charge in [-0.05, 0) is 60.8 Å². The molecule has 3 atom stereocenters. The maximum atomic E-state index is 12.6. The number of fused-ring (bicyclic) bond motifs is 1. The molecule has 0 amide bonds. The number of nitrogens with zero attached hydrogens (tertiary/aromatic N) is 2. The number of nitrogens with one attached hydrogen (secondary N) is 1. The van der Waals surface area contributed by atoms with Crippen molar-refractivity contribution in [2.45, 2.75) is 50.8 Å². The van der Waals surface area contributed by atoms with E-state index >= 15 is 0 Å². The van der Waals surface area contributed by atoms with Crippen LogP contribution < -0.4 is 4.72 Å². The molecule has 0 spiro atoms. The Kier molecular flexibility index (Phi) is 5.85. The van der Waals surface area contributed by atoms with Crippen LogP contribution in [0.15, 0.2) is 53.3 Å². The molecule has 4 rings (SSSR count). The lowest BCUT2D eigenvalue weighted by molar-refractivity contribution is 0.212. The molecule has 5 nitrogen and oxygen atoms in total. The molecular weight excluding hydrogens is 382 g/mol. The fourth-order valence-electron chi connectivity index (χ4n) is 5.42. The Labute approximate surface area is 175 Å². The second kappa shape index (κ2) is 8.23. The van der Waals surface area contributed by atoms with E-state index in [1.54, 1.807) is 18.3 Å². The summed E-state index contributed by atoms with van der Waals surface area (Å²) in [6, 6.07) is 3.22. The first kappa shape index (κ1) is 20.6. The van der Waals surface area contributed by atoms with Gasteiger partial charge in [0.1, 0.15) is 4.90 Å². The van der Waals surface area contributed by atoms with E-state index in [0.717, 1.165) is 24.0 Å². The number of likely N-dealkylation sites (tertiary alicyclic amines) is 1. The predicted molar refractivity (Wildman–Crippen MR) is 116 cm³/mol. The fraction of sp³-hybridized carbons (Fsp3) is 0.609. The lowest BCUT2D eigenvalue weighted by atomic mass is 9.80. The molecule has 3 unspecified atom stereocenters. The molecule has 1 saturated heterocycles. The zero-order chi connectivity index (χ0) is 20.5. The maximum Gasteiger partial charge on any atom is 0.263 e. The minimum atomic E-state index is -3.57. The van der Waals surface area contributed by atoms with Crippen molar-refractivity contribution < 1.29 is 8.42 Å². The Morgan fingerprint density at radius 2 is 2.03 bits per heavy atom.